The number of fused-ring (bicyclic) bond motifs is 5. The van der Waals surface area contributed by atoms with Gasteiger partial charge in [-0.3, -0.25) is 0 Å². The topological polar surface area (TPSA) is 12.5 Å². The van der Waals surface area contributed by atoms with Crippen LogP contribution < -0.4 is 20.0 Å². The molecule has 0 unspecified atom stereocenters. The van der Waals surface area contributed by atoms with Gasteiger partial charge in [-0.05, 0) is 158 Å². The minimum Gasteiger partial charge on any atom is -0.457 e. The molecule has 306 valence electrons. The zero-order valence-corrected chi connectivity index (χ0v) is 37.1. The maximum Gasteiger partial charge on any atom is 0.129 e. The molecular formula is C60H51NOSi. The highest BCUT2D eigenvalue weighted by Crippen LogP contribution is 2.70. The molecule has 63 heavy (non-hydrogen) atoms. The lowest BCUT2D eigenvalue weighted by atomic mass is 9.42. The summed E-state index contributed by atoms with van der Waals surface area (Å²) in [6.45, 7) is 5.10. The fraction of sp³-hybridized carbons (Fsp3) is 0.200. The van der Waals surface area contributed by atoms with E-state index in [1.807, 2.05) is 0 Å². The predicted octanol–water partition coefficient (Wildman–Crippen LogP) is 14.8. The summed E-state index contributed by atoms with van der Waals surface area (Å²) in [5, 5.41) is 2.78. The van der Waals surface area contributed by atoms with Crippen LogP contribution in [0.1, 0.15) is 43.2 Å². The van der Waals surface area contributed by atoms with Gasteiger partial charge in [0.05, 0.1) is 0 Å². The van der Waals surface area contributed by atoms with Crippen molar-refractivity contribution in [3.63, 3.8) is 0 Å². The van der Waals surface area contributed by atoms with E-state index in [0.29, 0.717) is 11.8 Å². The Morgan fingerprint density at radius 3 is 1.56 bits per heavy atom. The number of ether oxygens (including phenoxy) is 1. The smallest absolute Gasteiger partial charge is 0.129 e. The van der Waals surface area contributed by atoms with Crippen LogP contribution in [-0.4, -0.2) is 8.07 Å². The van der Waals surface area contributed by atoms with Gasteiger partial charge in [-0.1, -0.05) is 159 Å². The van der Waals surface area contributed by atoms with Crippen LogP contribution in [0.4, 0.5) is 17.1 Å². The standard InChI is InChI=1S/C60H51NOSi/c1-63(2)57-32-31-49(61(47-27-23-43(24-28-47)41-13-5-3-6-14-41)48-29-25-44(26-30-48)42-15-7-4-8-16-42)38-56(57)62-55-22-12-20-53(59(55)63)52-19-11-18-51-50-17-9-10-21-54(50)60(58(51)52)45-34-39-33-40(36-45)37-46(60)35-39/h3-32,38-40,45-46H,33-37H2,1-2H3. The van der Waals surface area contributed by atoms with E-state index in [2.05, 4.69) is 206 Å². The van der Waals surface area contributed by atoms with Crippen LogP contribution in [-0.2, 0) is 5.41 Å². The third-order valence-corrected chi connectivity index (χ3v) is 19.6. The molecule has 4 bridgehead atoms. The molecule has 1 heterocycles. The molecule has 0 N–H and O–H groups in total. The quantitative estimate of drug-likeness (QED) is 0.155. The fourth-order valence-electron chi connectivity index (χ4n) is 13.7. The van der Waals surface area contributed by atoms with E-state index >= 15 is 0 Å². The van der Waals surface area contributed by atoms with E-state index in [1.165, 1.54) is 87.0 Å². The van der Waals surface area contributed by atoms with Crippen LogP contribution in [0.2, 0.25) is 13.1 Å². The maximum atomic E-state index is 7.21. The molecule has 4 fully saturated rings. The van der Waals surface area contributed by atoms with Gasteiger partial charge < -0.3 is 9.64 Å². The van der Waals surface area contributed by atoms with Crippen molar-refractivity contribution < 1.29 is 4.74 Å². The molecule has 0 atom stereocenters. The van der Waals surface area contributed by atoms with E-state index in [0.717, 1.165) is 40.4 Å². The summed E-state index contributed by atoms with van der Waals surface area (Å²) in [7, 11) is -2.31. The van der Waals surface area contributed by atoms with Gasteiger partial charge >= 0.3 is 0 Å². The highest BCUT2D eigenvalue weighted by Gasteiger charge is 2.62. The van der Waals surface area contributed by atoms with E-state index in [1.54, 1.807) is 11.1 Å². The molecule has 0 radical (unpaired) electrons. The maximum absolute atomic E-state index is 7.21. The Kier molecular flexibility index (Phi) is 8.28. The number of rotatable bonds is 6. The molecule has 1 spiro atoms. The lowest BCUT2D eigenvalue weighted by molar-refractivity contribution is -0.0397. The van der Waals surface area contributed by atoms with Gasteiger partial charge in [0.1, 0.15) is 19.6 Å². The molecule has 5 aliphatic carbocycles. The van der Waals surface area contributed by atoms with Gasteiger partial charge in [-0.15, -0.1) is 0 Å². The molecule has 2 nitrogen and oxygen atoms in total. The zero-order chi connectivity index (χ0) is 41.9. The second kappa shape index (κ2) is 14.0. The third-order valence-electron chi connectivity index (χ3n) is 16.1. The minimum atomic E-state index is -2.31. The lowest BCUT2D eigenvalue weighted by Gasteiger charge is -2.61. The summed E-state index contributed by atoms with van der Waals surface area (Å²) in [5.41, 5.74) is 17.3. The van der Waals surface area contributed by atoms with E-state index in [9.17, 15) is 0 Å². The van der Waals surface area contributed by atoms with Crippen molar-refractivity contribution in [2.24, 2.45) is 23.7 Å². The molecule has 14 rings (SSSR count). The van der Waals surface area contributed by atoms with Gasteiger partial charge in [0.15, 0.2) is 0 Å². The Morgan fingerprint density at radius 2 is 0.937 bits per heavy atom. The number of anilines is 3. The Labute approximate surface area is 372 Å². The van der Waals surface area contributed by atoms with Gasteiger partial charge in [-0.25, -0.2) is 0 Å². The normalized spacial score (nSPS) is 22.8. The summed E-state index contributed by atoms with van der Waals surface area (Å²) in [4.78, 5) is 2.38. The first-order chi connectivity index (χ1) is 30.9. The Hall–Kier alpha value is -6.42. The molecular weight excluding hydrogens is 779 g/mol. The average Bonchev–Trinajstić information content (AvgIpc) is 3.62. The van der Waals surface area contributed by atoms with Gasteiger partial charge in [0.2, 0.25) is 0 Å². The summed E-state index contributed by atoms with van der Waals surface area (Å²) >= 11 is 0. The molecule has 4 saturated carbocycles. The van der Waals surface area contributed by atoms with Crippen LogP contribution in [0.25, 0.3) is 44.5 Å². The largest absolute Gasteiger partial charge is 0.457 e. The molecule has 3 heteroatoms. The lowest BCUT2D eigenvalue weighted by Crippen LogP contribution is -2.57. The van der Waals surface area contributed by atoms with Crippen LogP contribution in [0, 0.1) is 23.7 Å². The van der Waals surface area contributed by atoms with E-state index < -0.39 is 8.07 Å². The average molecular weight is 830 g/mol. The molecule has 0 saturated heterocycles. The van der Waals surface area contributed by atoms with Gasteiger partial charge in [0.25, 0.3) is 0 Å². The molecule has 0 aromatic heterocycles. The fourth-order valence-corrected chi connectivity index (χ4v) is 16.9. The third kappa shape index (κ3) is 5.55. The Bertz CT molecular complexity index is 2950. The highest BCUT2D eigenvalue weighted by atomic mass is 28.3. The second-order valence-corrected chi connectivity index (χ2v) is 24.0. The Balaban J connectivity index is 0.922. The van der Waals surface area contributed by atoms with E-state index in [4.69, 9.17) is 4.74 Å². The SMILES string of the molecule is C[Si]1(C)c2ccc(N(c3ccc(-c4ccccc4)cc3)c3ccc(-c4ccccc4)cc3)cc2Oc2cccc(-c3cccc4c3C3(c5ccccc5-4)C4CC5CC(C4)CC3C5)c21. The number of hydrogen-bond donors (Lipinski definition) is 0. The van der Waals surface area contributed by atoms with Crippen molar-refractivity contribution in [3.8, 4) is 56.0 Å². The number of hydrogen-bond acceptors (Lipinski definition) is 2. The molecule has 8 aromatic rings. The van der Waals surface area contributed by atoms with Crippen LogP contribution in [0.5, 0.6) is 11.5 Å². The monoisotopic (exact) mass is 829 g/mol. The summed E-state index contributed by atoms with van der Waals surface area (Å²) in [5.74, 6) is 5.24. The first-order valence-electron chi connectivity index (χ1n) is 23.3. The first-order valence-corrected chi connectivity index (χ1v) is 26.3. The van der Waals surface area contributed by atoms with Crippen LogP contribution in [0.15, 0.2) is 188 Å². The van der Waals surface area contributed by atoms with Crippen molar-refractivity contribution in [2.45, 2.75) is 50.6 Å². The van der Waals surface area contributed by atoms with Crippen molar-refractivity contribution in [1.29, 1.82) is 0 Å². The number of nitrogens with zero attached hydrogens (tertiary/aromatic N) is 1. The molecule has 6 aliphatic rings. The van der Waals surface area contributed by atoms with Gasteiger partial charge in [0, 0.05) is 28.5 Å². The highest BCUT2D eigenvalue weighted by molar-refractivity contribution is 7.02. The first kappa shape index (κ1) is 37.2. The van der Waals surface area contributed by atoms with Crippen molar-refractivity contribution >= 4 is 35.5 Å². The van der Waals surface area contributed by atoms with E-state index in [-0.39, 0.29) is 5.41 Å². The van der Waals surface area contributed by atoms with Crippen LogP contribution >= 0.6 is 0 Å². The van der Waals surface area contributed by atoms with Crippen molar-refractivity contribution in [2.75, 3.05) is 4.90 Å². The zero-order valence-electron chi connectivity index (χ0n) is 36.1. The number of benzene rings is 8. The van der Waals surface area contributed by atoms with Crippen LogP contribution in [0.3, 0.4) is 0 Å². The molecule has 8 aromatic carbocycles. The minimum absolute atomic E-state index is 0.0920. The summed E-state index contributed by atoms with van der Waals surface area (Å²) < 4.78 is 7.21. The summed E-state index contributed by atoms with van der Waals surface area (Å²) in [6, 6.07) is 70.0. The Morgan fingerprint density at radius 1 is 0.444 bits per heavy atom. The van der Waals surface area contributed by atoms with Crippen molar-refractivity contribution in [1.82, 2.24) is 0 Å². The van der Waals surface area contributed by atoms with Crippen molar-refractivity contribution in [3.05, 3.63) is 199 Å². The van der Waals surface area contributed by atoms with Gasteiger partial charge in [-0.2, -0.15) is 0 Å². The predicted molar refractivity (Wildman–Crippen MR) is 264 cm³/mol. The second-order valence-electron chi connectivity index (χ2n) is 19.7. The molecule has 1 aliphatic heterocycles. The summed E-state index contributed by atoms with van der Waals surface area (Å²) in [6.07, 6.45) is 6.99. The molecule has 0 amide bonds.